The van der Waals surface area contributed by atoms with Crippen molar-refractivity contribution in [2.45, 2.75) is 20.3 Å². The van der Waals surface area contributed by atoms with E-state index in [0.717, 1.165) is 12.0 Å². The first-order valence-corrected chi connectivity index (χ1v) is 8.34. The van der Waals surface area contributed by atoms with Crippen molar-refractivity contribution >= 4 is 11.1 Å². The van der Waals surface area contributed by atoms with Gasteiger partial charge in [-0.05, 0) is 53.3 Å². The molecule has 3 aromatic rings. The van der Waals surface area contributed by atoms with Crippen molar-refractivity contribution in [3.05, 3.63) is 101 Å². The highest BCUT2D eigenvalue weighted by molar-refractivity contribution is 5.98. The molecule has 1 heteroatoms. The quantitative estimate of drug-likeness (QED) is 0.579. The zero-order valence-electron chi connectivity index (χ0n) is 14.2. The molecule has 0 aliphatic carbocycles. The molecule has 0 heterocycles. The summed E-state index contributed by atoms with van der Waals surface area (Å²) in [6.07, 6.45) is 0.939. The molecule has 120 valence electrons. The van der Waals surface area contributed by atoms with E-state index in [0.29, 0.717) is 5.75 Å². The van der Waals surface area contributed by atoms with E-state index in [1.54, 1.807) is 12.1 Å². The van der Waals surface area contributed by atoms with Crippen LogP contribution >= 0.6 is 0 Å². The smallest absolute Gasteiger partial charge is 0.115 e. The van der Waals surface area contributed by atoms with Gasteiger partial charge in [-0.1, -0.05) is 79.2 Å². The maximum atomic E-state index is 9.64. The fourth-order valence-electron chi connectivity index (χ4n) is 3.03. The molecule has 0 bridgehead atoms. The van der Waals surface area contributed by atoms with Crippen molar-refractivity contribution in [2.24, 2.45) is 0 Å². The predicted octanol–water partition coefficient (Wildman–Crippen LogP) is 6.07. The molecule has 0 fully saturated rings. The van der Waals surface area contributed by atoms with Gasteiger partial charge in [-0.3, -0.25) is 0 Å². The third kappa shape index (κ3) is 3.41. The first-order valence-electron chi connectivity index (χ1n) is 8.34. The second kappa shape index (κ2) is 7.18. The molecule has 0 aliphatic heterocycles. The van der Waals surface area contributed by atoms with Gasteiger partial charge in [-0.15, -0.1) is 0 Å². The average Bonchev–Trinajstić information content (AvgIpc) is 2.62. The monoisotopic (exact) mass is 314 g/mol. The van der Waals surface area contributed by atoms with Crippen LogP contribution in [0.5, 0.6) is 5.75 Å². The lowest BCUT2D eigenvalue weighted by atomic mass is 9.88. The van der Waals surface area contributed by atoms with E-state index in [1.165, 1.54) is 27.8 Å². The number of aromatic hydroxyl groups is 1. The van der Waals surface area contributed by atoms with Crippen molar-refractivity contribution in [2.75, 3.05) is 0 Å². The average molecular weight is 314 g/mol. The van der Waals surface area contributed by atoms with E-state index in [9.17, 15) is 5.11 Å². The summed E-state index contributed by atoms with van der Waals surface area (Å²) in [6, 6.07) is 26.6. The molecule has 0 saturated carbocycles. The van der Waals surface area contributed by atoms with E-state index in [4.69, 9.17) is 0 Å². The third-order valence-corrected chi connectivity index (χ3v) is 4.27. The van der Waals surface area contributed by atoms with Crippen LogP contribution in [0.2, 0.25) is 0 Å². The number of benzene rings is 3. The largest absolute Gasteiger partial charge is 0.508 e. The standard InChI is InChI=1S/C23H22O/c1-3-22(18-7-5-4-6-8-18)23(19-11-9-17(2)10-12-19)20-13-15-21(24)16-14-20/h4-16,24H,3H2,1-2H3/b23-22+. The summed E-state index contributed by atoms with van der Waals surface area (Å²) in [5.74, 6) is 0.291. The molecule has 0 amide bonds. The molecule has 3 aromatic carbocycles. The molecule has 0 saturated heterocycles. The first kappa shape index (κ1) is 16.1. The molecule has 1 nitrogen and oxygen atoms in total. The second-order valence-electron chi connectivity index (χ2n) is 5.99. The Morgan fingerprint density at radius 2 is 1.25 bits per heavy atom. The Morgan fingerprint density at radius 3 is 1.79 bits per heavy atom. The number of aryl methyl sites for hydroxylation is 1. The summed E-state index contributed by atoms with van der Waals surface area (Å²) < 4.78 is 0. The van der Waals surface area contributed by atoms with Crippen LogP contribution in [0.15, 0.2) is 78.9 Å². The molecular formula is C23H22O. The van der Waals surface area contributed by atoms with Crippen LogP contribution in [0.3, 0.4) is 0 Å². The zero-order valence-corrected chi connectivity index (χ0v) is 14.2. The minimum atomic E-state index is 0.291. The van der Waals surface area contributed by atoms with E-state index >= 15 is 0 Å². The van der Waals surface area contributed by atoms with Gasteiger partial charge in [0.25, 0.3) is 0 Å². The first-order chi connectivity index (χ1) is 11.7. The van der Waals surface area contributed by atoms with Gasteiger partial charge in [-0.2, -0.15) is 0 Å². The Balaban J connectivity index is 2.26. The molecule has 0 spiro atoms. The number of hydrogen-bond acceptors (Lipinski definition) is 1. The predicted molar refractivity (Wildman–Crippen MR) is 102 cm³/mol. The van der Waals surface area contributed by atoms with E-state index in [-0.39, 0.29) is 0 Å². The van der Waals surface area contributed by atoms with Crippen LogP contribution < -0.4 is 0 Å². The third-order valence-electron chi connectivity index (χ3n) is 4.27. The van der Waals surface area contributed by atoms with E-state index in [1.807, 2.05) is 18.2 Å². The Hall–Kier alpha value is -2.80. The molecule has 0 aliphatic rings. The lowest BCUT2D eigenvalue weighted by Gasteiger charge is -2.16. The SMILES string of the molecule is CC/C(=C(/c1ccc(C)cc1)c1ccc(O)cc1)c1ccccc1. The molecule has 1 N–H and O–H groups in total. The van der Waals surface area contributed by atoms with Gasteiger partial charge in [0, 0.05) is 0 Å². The van der Waals surface area contributed by atoms with Crippen LogP contribution in [-0.4, -0.2) is 5.11 Å². The van der Waals surface area contributed by atoms with Gasteiger partial charge in [-0.25, -0.2) is 0 Å². The maximum absolute atomic E-state index is 9.64. The molecule has 0 unspecified atom stereocenters. The minimum absolute atomic E-state index is 0.291. The maximum Gasteiger partial charge on any atom is 0.115 e. The van der Waals surface area contributed by atoms with Crippen LogP contribution in [0.25, 0.3) is 11.1 Å². The highest BCUT2D eigenvalue weighted by Gasteiger charge is 2.12. The fourth-order valence-corrected chi connectivity index (χ4v) is 3.03. The van der Waals surface area contributed by atoms with Gasteiger partial charge in [0.2, 0.25) is 0 Å². The molecule has 3 rings (SSSR count). The van der Waals surface area contributed by atoms with Crippen molar-refractivity contribution in [3.8, 4) is 5.75 Å². The Labute approximate surface area is 143 Å². The summed E-state index contributed by atoms with van der Waals surface area (Å²) in [5, 5.41) is 9.64. The summed E-state index contributed by atoms with van der Waals surface area (Å²) in [6.45, 7) is 4.29. The summed E-state index contributed by atoms with van der Waals surface area (Å²) in [5.41, 5.74) is 7.35. The normalized spacial score (nSPS) is 11.9. The van der Waals surface area contributed by atoms with Gasteiger partial charge in [0.15, 0.2) is 0 Å². The summed E-state index contributed by atoms with van der Waals surface area (Å²) >= 11 is 0. The van der Waals surface area contributed by atoms with Crippen molar-refractivity contribution < 1.29 is 5.11 Å². The highest BCUT2D eigenvalue weighted by Crippen LogP contribution is 2.34. The van der Waals surface area contributed by atoms with E-state index in [2.05, 4.69) is 62.4 Å². The molecule has 0 aromatic heterocycles. The Kier molecular flexibility index (Phi) is 4.81. The Bertz CT molecular complexity index is 778. The fraction of sp³-hybridized carbons (Fsp3) is 0.130. The van der Waals surface area contributed by atoms with Gasteiger partial charge < -0.3 is 5.11 Å². The van der Waals surface area contributed by atoms with Crippen molar-refractivity contribution in [3.63, 3.8) is 0 Å². The number of phenols is 1. The number of rotatable bonds is 4. The minimum Gasteiger partial charge on any atom is -0.508 e. The van der Waals surface area contributed by atoms with Gasteiger partial charge in [0.1, 0.15) is 5.75 Å². The molecule has 0 atom stereocenters. The van der Waals surface area contributed by atoms with E-state index < -0.39 is 0 Å². The number of phenolic OH excluding ortho intramolecular Hbond substituents is 1. The molecule has 0 radical (unpaired) electrons. The van der Waals surface area contributed by atoms with Gasteiger partial charge >= 0.3 is 0 Å². The van der Waals surface area contributed by atoms with Crippen LogP contribution in [0.1, 0.15) is 35.6 Å². The Morgan fingerprint density at radius 1 is 0.708 bits per heavy atom. The lowest BCUT2D eigenvalue weighted by Crippen LogP contribution is -1.95. The second-order valence-corrected chi connectivity index (χ2v) is 5.99. The van der Waals surface area contributed by atoms with Crippen molar-refractivity contribution in [1.29, 1.82) is 0 Å². The van der Waals surface area contributed by atoms with Crippen molar-refractivity contribution in [1.82, 2.24) is 0 Å². The highest BCUT2D eigenvalue weighted by atomic mass is 16.3. The molecular weight excluding hydrogens is 292 g/mol. The van der Waals surface area contributed by atoms with Gasteiger partial charge in [0.05, 0.1) is 0 Å². The summed E-state index contributed by atoms with van der Waals surface area (Å²) in [4.78, 5) is 0. The number of hydrogen-bond donors (Lipinski definition) is 1. The van der Waals surface area contributed by atoms with Crippen LogP contribution in [-0.2, 0) is 0 Å². The number of allylic oxidation sites excluding steroid dienone is 1. The summed E-state index contributed by atoms with van der Waals surface area (Å²) in [7, 11) is 0. The topological polar surface area (TPSA) is 20.2 Å². The molecule has 24 heavy (non-hydrogen) atoms. The van der Waals surface area contributed by atoms with Crippen LogP contribution in [0.4, 0.5) is 0 Å². The van der Waals surface area contributed by atoms with Crippen LogP contribution in [0, 0.1) is 6.92 Å². The zero-order chi connectivity index (χ0) is 16.9. The lowest BCUT2D eigenvalue weighted by molar-refractivity contribution is 0.475.